The molecule has 1 aromatic heterocycles. The number of rotatable bonds is 6. The molecular formula is C12H20N4O. The van der Waals surface area contributed by atoms with Gasteiger partial charge >= 0.3 is 0 Å². The number of nitrogen functional groups attached to an aromatic ring is 1. The quantitative estimate of drug-likeness (QED) is 0.741. The molecule has 0 aliphatic rings. The molecule has 17 heavy (non-hydrogen) atoms. The number of nitrogens with one attached hydrogen (secondary N) is 1. The predicted molar refractivity (Wildman–Crippen MR) is 70.1 cm³/mol. The second-order valence-corrected chi connectivity index (χ2v) is 4.18. The third-order valence-corrected chi connectivity index (χ3v) is 2.10. The van der Waals surface area contributed by atoms with E-state index in [1.165, 1.54) is 6.33 Å². The second kappa shape index (κ2) is 6.08. The minimum Gasteiger partial charge on any atom is -0.473 e. The number of hydrogen-bond acceptors (Lipinski definition) is 5. The van der Waals surface area contributed by atoms with Gasteiger partial charge in [0.1, 0.15) is 12.0 Å². The maximum absolute atomic E-state index is 5.94. The molecule has 5 nitrogen and oxygen atoms in total. The first kappa shape index (κ1) is 13.3. The number of aromatic nitrogens is 2. The van der Waals surface area contributed by atoms with Gasteiger partial charge in [-0.2, -0.15) is 4.98 Å². The Hall–Kier alpha value is -1.78. The molecule has 1 unspecified atom stereocenters. The summed E-state index contributed by atoms with van der Waals surface area (Å²) >= 11 is 0. The van der Waals surface area contributed by atoms with Gasteiger partial charge in [-0.3, -0.25) is 0 Å². The van der Waals surface area contributed by atoms with E-state index in [9.17, 15) is 0 Å². The maximum Gasteiger partial charge on any atom is 0.242 e. The van der Waals surface area contributed by atoms with Gasteiger partial charge in [-0.1, -0.05) is 6.08 Å². The summed E-state index contributed by atoms with van der Waals surface area (Å²) in [5.74, 6) is 1.02. The van der Waals surface area contributed by atoms with E-state index in [0.717, 1.165) is 6.42 Å². The molecule has 94 valence electrons. The van der Waals surface area contributed by atoms with Gasteiger partial charge in [0, 0.05) is 6.04 Å². The van der Waals surface area contributed by atoms with Crippen LogP contribution in [0.3, 0.4) is 0 Å². The highest BCUT2D eigenvalue weighted by atomic mass is 16.5. The van der Waals surface area contributed by atoms with Crippen molar-refractivity contribution in [3.8, 4) is 5.88 Å². The monoisotopic (exact) mass is 236 g/mol. The standard InChI is InChI=1S/C12H20N4O/c1-5-6-9(4)16-11-10(13)12(15-7-14-11)17-8(2)3/h5,7-9H,1,6,13H2,2-4H3,(H,14,15,16). The van der Waals surface area contributed by atoms with Crippen LogP contribution in [0.2, 0.25) is 0 Å². The molecule has 1 atom stereocenters. The minimum absolute atomic E-state index is 0.0330. The van der Waals surface area contributed by atoms with Crippen LogP contribution in [0.25, 0.3) is 0 Å². The van der Waals surface area contributed by atoms with Crippen LogP contribution in [-0.2, 0) is 0 Å². The van der Waals surface area contributed by atoms with Crippen molar-refractivity contribution in [3.63, 3.8) is 0 Å². The normalized spacial score (nSPS) is 12.2. The molecule has 0 bridgehead atoms. The van der Waals surface area contributed by atoms with Crippen LogP contribution in [0.1, 0.15) is 27.2 Å². The molecule has 0 aliphatic carbocycles. The van der Waals surface area contributed by atoms with Crippen molar-refractivity contribution in [2.75, 3.05) is 11.1 Å². The second-order valence-electron chi connectivity index (χ2n) is 4.18. The summed E-state index contributed by atoms with van der Waals surface area (Å²) in [6.07, 6.45) is 4.16. The average Bonchev–Trinajstić information content (AvgIpc) is 2.23. The third-order valence-electron chi connectivity index (χ3n) is 2.10. The molecule has 0 fully saturated rings. The highest BCUT2D eigenvalue weighted by Gasteiger charge is 2.11. The van der Waals surface area contributed by atoms with Gasteiger partial charge in [0.15, 0.2) is 5.82 Å². The fourth-order valence-electron chi connectivity index (χ4n) is 1.35. The van der Waals surface area contributed by atoms with Crippen LogP contribution in [0.5, 0.6) is 5.88 Å². The Morgan fingerprint density at radius 1 is 1.47 bits per heavy atom. The van der Waals surface area contributed by atoms with Crippen LogP contribution >= 0.6 is 0 Å². The lowest BCUT2D eigenvalue weighted by Gasteiger charge is -2.16. The summed E-state index contributed by atoms with van der Waals surface area (Å²) in [6, 6.07) is 0.219. The largest absolute Gasteiger partial charge is 0.473 e. The van der Waals surface area contributed by atoms with Crippen molar-refractivity contribution >= 4 is 11.5 Å². The van der Waals surface area contributed by atoms with Gasteiger partial charge in [-0.25, -0.2) is 4.98 Å². The zero-order valence-electron chi connectivity index (χ0n) is 10.6. The van der Waals surface area contributed by atoms with Gasteiger partial charge < -0.3 is 15.8 Å². The molecule has 3 N–H and O–H groups in total. The smallest absolute Gasteiger partial charge is 0.242 e. The maximum atomic E-state index is 5.94. The summed E-state index contributed by atoms with van der Waals surface area (Å²) < 4.78 is 5.49. The fourth-order valence-corrected chi connectivity index (χ4v) is 1.35. The van der Waals surface area contributed by atoms with Crippen molar-refractivity contribution in [3.05, 3.63) is 19.0 Å². The van der Waals surface area contributed by atoms with Crippen molar-refractivity contribution in [1.29, 1.82) is 0 Å². The van der Waals surface area contributed by atoms with E-state index in [-0.39, 0.29) is 12.1 Å². The molecule has 0 radical (unpaired) electrons. The Labute approximate surface area is 102 Å². The molecule has 0 aliphatic heterocycles. The van der Waals surface area contributed by atoms with Crippen LogP contribution in [0.4, 0.5) is 11.5 Å². The summed E-state index contributed by atoms with van der Waals surface area (Å²) in [4.78, 5) is 8.12. The number of hydrogen-bond donors (Lipinski definition) is 2. The summed E-state index contributed by atoms with van der Waals surface area (Å²) in [7, 11) is 0. The molecular weight excluding hydrogens is 216 g/mol. The van der Waals surface area contributed by atoms with Crippen LogP contribution < -0.4 is 15.8 Å². The van der Waals surface area contributed by atoms with E-state index < -0.39 is 0 Å². The van der Waals surface area contributed by atoms with E-state index in [1.54, 1.807) is 0 Å². The fraction of sp³-hybridized carbons (Fsp3) is 0.500. The van der Waals surface area contributed by atoms with Gasteiger partial charge in [0.05, 0.1) is 6.10 Å². The average molecular weight is 236 g/mol. The molecule has 5 heteroatoms. The molecule has 0 amide bonds. The number of anilines is 2. The van der Waals surface area contributed by atoms with Gasteiger partial charge in [-0.15, -0.1) is 6.58 Å². The first-order valence-electron chi connectivity index (χ1n) is 5.69. The SMILES string of the molecule is C=CCC(C)Nc1ncnc(OC(C)C)c1N. The number of ether oxygens (including phenoxy) is 1. The topological polar surface area (TPSA) is 73.1 Å². The van der Waals surface area contributed by atoms with E-state index in [2.05, 4.69) is 21.9 Å². The van der Waals surface area contributed by atoms with Crippen molar-refractivity contribution in [2.45, 2.75) is 39.3 Å². The zero-order chi connectivity index (χ0) is 12.8. The Morgan fingerprint density at radius 2 is 2.18 bits per heavy atom. The molecule has 1 heterocycles. The Balaban J connectivity index is 2.82. The van der Waals surface area contributed by atoms with Gasteiger partial charge in [0.2, 0.25) is 5.88 Å². The number of nitrogens with zero attached hydrogens (tertiary/aromatic N) is 2. The minimum atomic E-state index is 0.0330. The Kier molecular flexibility index (Phi) is 4.75. The van der Waals surface area contributed by atoms with Crippen molar-refractivity contribution in [2.24, 2.45) is 0 Å². The lowest BCUT2D eigenvalue weighted by molar-refractivity contribution is 0.234. The van der Waals surface area contributed by atoms with Crippen LogP contribution in [0, 0.1) is 0 Å². The highest BCUT2D eigenvalue weighted by Crippen LogP contribution is 2.26. The van der Waals surface area contributed by atoms with Crippen molar-refractivity contribution in [1.82, 2.24) is 9.97 Å². The lowest BCUT2D eigenvalue weighted by atomic mass is 10.2. The molecule has 1 rings (SSSR count). The molecule has 0 saturated heterocycles. The Bertz CT molecular complexity index is 379. The number of nitrogens with two attached hydrogens (primary N) is 1. The third kappa shape index (κ3) is 3.94. The first-order valence-corrected chi connectivity index (χ1v) is 5.69. The van der Waals surface area contributed by atoms with Crippen LogP contribution in [-0.4, -0.2) is 22.1 Å². The van der Waals surface area contributed by atoms with E-state index in [1.807, 2.05) is 26.8 Å². The van der Waals surface area contributed by atoms with Crippen molar-refractivity contribution < 1.29 is 4.74 Å². The highest BCUT2D eigenvalue weighted by molar-refractivity contribution is 5.66. The summed E-state index contributed by atoms with van der Waals surface area (Å²) in [5.41, 5.74) is 6.38. The Morgan fingerprint density at radius 3 is 2.76 bits per heavy atom. The van der Waals surface area contributed by atoms with E-state index in [4.69, 9.17) is 10.5 Å². The van der Waals surface area contributed by atoms with E-state index in [0.29, 0.717) is 17.4 Å². The molecule has 1 aromatic rings. The lowest BCUT2D eigenvalue weighted by Crippen LogP contribution is -2.17. The molecule has 0 saturated carbocycles. The molecule has 0 aromatic carbocycles. The van der Waals surface area contributed by atoms with Gasteiger partial charge in [-0.05, 0) is 27.2 Å². The predicted octanol–water partition coefficient (Wildman–Crippen LogP) is 2.22. The summed E-state index contributed by atoms with van der Waals surface area (Å²) in [6.45, 7) is 9.58. The first-order chi connectivity index (χ1) is 8.04. The zero-order valence-corrected chi connectivity index (χ0v) is 10.6. The van der Waals surface area contributed by atoms with Crippen LogP contribution in [0.15, 0.2) is 19.0 Å². The van der Waals surface area contributed by atoms with E-state index >= 15 is 0 Å². The van der Waals surface area contributed by atoms with Gasteiger partial charge in [0.25, 0.3) is 0 Å². The summed E-state index contributed by atoms with van der Waals surface area (Å²) in [5, 5.41) is 3.20. The molecule has 0 spiro atoms.